The van der Waals surface area contributed by atoms with Gasteiger partial charge in [0.05, 0.1) is 23.7 Å². The first kappa shape index (κ1) is 22.1. The van der Waals surface area contributed by atoms with Gasteiger partial charge in [0.15, 0.2) is 17.6 Å². The van der Waals surface area contributed by atoms with E-state index in [1.807, 2.05) is 94.6 Å². The number of benzene rings is 3. The van der Waals surface area contributed by atoms with Crippen LogP contribution < -0.4 is 9.47 Å². The molecular weight excluding hydrogens is 482 g/mol. The van der Waals surface area contributed by atoms with E-state index in [-0.39, 0.29) is 17.4 Å². The van der Waals surface area contributed by atoms with Gasteiger partial charge in [0.2, 0.25) is 5.91 Å². The van der Waals surface area contributed by atoms with E-state index in [0.717, 1.165) is 28.3 Å². The van der Waals surface area contributed by atoms with E-state index in [2.05, 4.69) is 0 Å². The van der Waals surface area contributed by atoms with Crippen molar-refractivity contribution >= 4 is 29.3 Å². The molecule has 3 heterocycles. The Morgan fingerprint density at radius 2 is 1.71 bits per heavy atom. The SMILES string of the molecule is O=C1CS[C@@H](c2cn(-c3ccccc3)nc2-c2ccc(Cl)cc2)N1C[C@H]1COc2ccccc2O1. The molecule has 4 aromatic rings. The van der Waals surface area contributed by atoms with E-state index < -0.39 is 0 Å². The maximum Gasteiger partial charge on any atom is 0.233 e. The van der Waals surface area contributed by atoms with Crippen LogP contribution in [-0.4, -0.2) is 45.6 Å². The fourth-order valence-corrected chi connectivity index (χ4v) is 5.72. The lowest BCUT2D eigenvalue weighted by molar-refractivity contribution is -0.129. The van der Waals surface area contributed by atoms with Gasteiger partial charge >= 0.3 is 0 Å². The monoisotopic (exact) mass is 503 g/mol. The van der Waals surface area contributed by atoms with Crippen LogP contribution >= 0.6 is 23.4 Å². The number of rotatable bonds is 5. The number of para-hydroxylation sites is 3. The molecule has 2 aliphatic rings. The second-order valence-corrected chi connectivity index (χ2v) is 9.93. The van der Waals surface area contributed by atoms with Crippen LogP contribution in [0.2, 0.25) is 5.02 Å². The number of carbonyl (C=O) groups is 1. The summed E-state index contributed by atoms with van der Waals surface area (Å²) < 4.78 is 13.9. The number of amides is 1. The molecule has 2 atom stereocenters. The first-order valence-corrected chi connectivity index (χ1v) is 12.8. The van der Waals surface area contributed by atoms with Crippen LogP contribution in [0, 0.1) is 0 Å². The first-order chi connectivity index (χ1) is 17.2. The first-order valence-electron chi connectivity index (χ1n) is 11.4. The lowest BCUT2D eigenvalue weighted by Gasteiger charge is -2.32. The van der Waals surface area contributed by atoms with Crippen molar-refractivity contribution in [3.05, 3.63) is 95.6 Å². The molecule has 6 nitrogen and oxygen atoms in total. The highest BCUT2D eigenvalue weighted by Gasteiger charge is 2.38. The van der Waals surface area contributed by atoms with E-state index >= 15 is 0 Å². The van der Waals surface area contributed by atoms with Crippen molar-refractivity contribution in [3.8, 4) is 28.4 Å². The normalized spacial score (nSPS) is 19.2. The molecule has 0 bridgehead atoms. The lowest BCUT2D eigenvalue weighted by Crippen LogP contribution is -2.42. The van der Waals surface area contributed by atoms with Crippen molar-refractivity contribution in [2.24, 2.45) is 0 Å². The number of thioether (sulfide) groups is 1. The molecule has 35 heavy (non-hydrogen) atoms. The molecular formula is C27H22ClN3O3S. The molecule has 1 aromatic heterocycles. The summed E-state index contributed by atoms with van der Waals surface area (Å²) in [5.74, 6) is 1.93. The molecule has 6 rings (SSSR count). The minimum absolute atomic E-state index is 0.0805. The molecule has 3 aromatic carbocycles. The Balaban J connectivity index is 1.34. The third kappa shape index (κ3) is 4.37. The molecule has 1 amide bonds. The summed E-state index contributed by atoms with van der Waals surface area (Å²) in [4.78, 5) is 14.9. The van der Waals surface area contributed by atoms with Crippen LogP contribution in [0.3, 0.4) is 0 Å². The summed E-state index contributed by atoms with van der Waals surface area (Å²) in [6.45, 7) is 0.826. The summed E-state index contributed by atoms with van der Waals surface area (Å²) in [6, 6.07) is 25.2. The maximum absolute atomic E-state index is 13.0. The highest BCUT2D eigenvalue weighted by Crippen LogP contribution is 2.43. The second kappa shape index (κ2) is 9.32. The van der Waals surface area contributed by atoms with Gasteiger partial charge < -0.3 is 14.4 Å². The van der Waals surface area contributed by atoms with E-state index in [1.165, 1.54) is 0 Å². The average Bonchev–Trinajstić information content (AvgIpc) is 3.49. The van der Waals surface area contributed by atoms with Crippen LogP contribution in [0.1, 0.15) is 10.9 Å². The minimum Gasteiger partial charge on any atom is -0.486 e. The fourth-order valence-electron chi connectivity index (χ4n) is 4.39. The molecule has 8 heteroatoms. The van der Waals surface area contributed by atoms with Gasteiger partial charge in [-0.1, -0.05) is 54.1 Å². The smallest absolute Gasteiger partial charge is 0.233 e. The number of ether oxygens (including phenoxy) is 2. The number of hydrogen-bond acceptors (Lipinski definition) is 5. The Morgan fingerprint density at radius 3 is 2.51 bits per heavy atom. The highest BCUT2D eigenvalue weighted by molar-refractivity contribution is 8.00. The van der Waals surface area contributed by atoms with Crippen molar-refractivity contribution in [2.75, 3.05) is 18.9 Å². The number of carbonyl (C=O) groups excluding carboxylic acids is 1. The van der Waals surface area contributed by atoms with Gasteiger partial charge in [-0.2, -0.15) is 5.10 Å². The molecule has 0 aliphatic carbocycles. The Hall–Kier alpha value is -3.42. The van der Waals surface area contributed by atoms with Crippen molar-refractivity contribution in [2.45, 2.75) is 11.5 Å². The van der Waals surface area contributed by atoms with Gasteiger partial charge in [-0.25, -0.2) is 4.68 Å². The second-order valence-electron chi connectivity index (χ2n) is 8.43. The predicted molar refractivity (Wildman–Crippen MR) is 137 cm³/mol. The van der Waals surface area contributed by atoms with Crippen LogP contribution in [0.4, 0.5) is 0 Å². The van der Waals surface area contributed by atoms with Crippen molar-refractivity contribution in [1.29, 1.82) is 0 Å². The minimum atomic E-state index is -0.252. The summed E-state index contributed by atoms with van der Waals surface area (Å²) >= 11 is 7.75. The van der Waals surface area contributed by atoms with Crippen LogP contribution in [-0.2, 0) is 4.79 Å². The van der Waals surface area contributed by atoms with E-state index in [4.69, 9.17) is 26.2 Å². The Kier molecular flexibility index (Phi) is 5.88. The van der Waals surface area contributed by atoms with E-state index in [1.54, 1.807) is 11.8 Å². The molecule has 0 N–H and O–H groups in total. The molecule has 1 fully saturated rings. The van der Waals surface area contributed by atoms with Crippen LogP contribution in [0.25, 0.3) is 16.9 Å². The molecule has 1 saturated heterocycles. The van der Waals surface area contributed by atoms with Crippen molar-refractivity contribution in [1.82, 2.24) is 14.7 Å². The zero-order chi connectivity index (χ0) is 23.8. The quantitative estimate of drug-likeness (QED) is 0.354. The number of hydrogen-bond donors (Lipinski definition) is 0. The highest BCUT2D eigenvalue weighted by atomic mass is 35.5. The van der Waals surface area contributed by atoms with Crippen molar-refractivity contribution in [3.63, 3.8) is 0 Å². The average molecular weight is 504 g/mol. The summed E-state index contributed by atoms with van der Waals surface area (Å²) in [5.41, 5.74) is 3.71. The summed E-state index contributed by atoms with van der Waals surface area (Å²) in [5, 5.41) is 5.41. The molecule has 0 saturated carbocycles. The zero-order valence-corrected chi connectivity index (χ0v) is 20.3. The standard InChI is InChI=1S/C27H22ClN3O3S/c28-19-12-10-18(11-13-19)26-22(15-31(29-26)20-6-2-1-3-7-20)27-30(25(32)17-35-27)14-21-16-33-23-8-4-5-9-24(23)34-21/h1-13,15,21,27H,14,16-17H2/t21-,27-/m0/s1. The molecule has 176 valence electrons. The summed E-state index contributed by atoms with van der Waals surface area (Å²) in [7, 11) is 0. The number of halogens is 1. The molecule has 0 radical (unpaired) electrons. The van der Waals surface area contributed by atoms with Gasteiger partial charge in [-0.15, -0.1) is 11.8 Å². The van der Waals surface area contributed by atoms with Crippen LogP contribution in [0.15, 0.2) is 85.1 Å². The molecule has 0 unspecified atom stereocenters. The Bertz CT molecular complexity index is 1360. The summed E-state index contributed by atoms with van der Waals surface area (Å²) in [6.07, 6.45) is 1.77. The fraction of sp³-hybridized carbons (Fsp3) is 0.185. The third-order valence-electron chi connectivity index (χ3n) is 6.08. The lowest BCUT2D eigenvalue weighted by atomic mass is 10.1. The van der Waals surface area contributed by atoms with Gasteiger partial charge in [-0.05, 0) is 36.4 Å². The van der Waals surface area contributed by atoms with Gasteiger partial charge in [-0.3, -0.25) is 4.79 Å². The van der Waals surface area contributed by atoms with Gasteiger partial charge in [0, 0.05) is 22.3 Å². The van der Waals surface area contributed by atoms with E-state index in [9.17, 15) is 4.79 Å². The number of fused-ring (bicyclic) bond motifs is 1. The Labute approximate surface area is 212 Å². The maximum atomic E-state index is 13.0. The third-order valence-corrected chi connectivity index (χ3v) is 7.57. The van der Waals surface area contributed by atoms with Gasteiger partial charge in [0.25, 0.3) is 0 Å². The number of aromatic nitrogens is 2. The number of nitrogens with zero attached hydrogens (tertiary/aromatic N) is 3. The van der Waals surface area contributed by atoms with Crippen molar-refractivity contribution < 1.29 is 14.3 Å². The van der Waals surface area contributed by atoms with Gasteiger partial charge in [0.1, 0.15) is 12.0 Å². The van der Waals surface area contributed by atoms with E-state index in [0.29, 0.717) is 29.7 Å². The largest absolute Gasteiger partial charge is 0.486 e. The molecule has 0 spiro atoms. The van der Waals surface area contributed by atoms with Crippen LogP contribution in [0.5, 0.6) is 11.5 Å². The molecule has 2 aliphatic heterocycles. The zero-order valence-electron chi connectivity index (χ0n) is 18.7. The predicted octanol–water partition coefficient (Wildman–Crippen LogP) is 5.61. The topological polar surface area (TPSA) is 56.6 Å². The Morgan fingerprint density at radius 1 is 0.971 bits per heavy atom.